The molecule has 1 heterocycles. The standard InChI is InChI=1S/C26H35N3O4S.C2HF3O2/c1-18-15-20(3)25(16-19(18)2)34(32,33)27-24-10-9-22(17-23(24)26(30)31)29-13-11-28(12-14-29)21-7-5-4-6-8-21;3-2(4,5)1(6)7/h9-10,15-17,21,27H,4-8,11-14H2,1-3H3,(H,30,31);(H,6,7). The van der Waals surface area contributed by atoms with E-state index in [1.165, 1.54) is 32.1 Å². The Hall–Kier alpha value is -3.32. The van der Waals surface area contributed by atoms with Gasteiger partial charge in [0, 0.05) is 37.9 Å². The Morgan fingerprint density at radius 2 is 1.44 bits per heavy atom. The molecule has 0 spiro atoms. The second-order valence-electron chi connectivity index (χ2n) is 10.5. The normalized spacial score (nSPS) is 17.0. The molecule has 2 aliphatic rings. The average molecular weight is 600 g/mol. The first-order chi connectivity index (χ1) is 19.1. The van der Waals surface area contributed by atoms with E-state index in [-0.39, 0.29) is 16.1 Å². The molecular weight excluding hydrogens is 563 g/mol. The van der Waals surface area contributed by atoms with Crippen molar-refractivity contribution in [3.8, 4) is 0 Å². The van der Waals surface area contributed by atoms with Gasteiger partial charge in [-0.1, -0.05) is 25.3 Å². The summed E-state index contributed by atoms with van der Waals surface area (Å²) >= 11 is 0. The number of hydrogen-bond acceptors (Lipinski definition) is 6. The van der Waals surface area contributed by atoms with E-state index in [1.807, 2.05) is 26.0 Å². The van der Waals surface area contributed by atoms with Crippen molar-refractivity contribution < 1.29 is 41.4 Å². The molecule has 1 saturated heterocycles. The predicted molar refractivity (Wildman–Crippen MR) is 149 cm³/mol. The van der Waals surface area contributed by atoms with E-state index in [9.17, 15) is 31.5 Å². The molecule has 13 heteroatoms. The summed E-state index contributed by atoms with van der Waals surface area (Å²) in [5, 5.41) is 17.0. The average Bonchev–Trinajstić information content (AvgIpc) is 2.91. The first kappa shape index (κ1) is 32.2. The second kappa shape index (κ2) is 13.1. The predicted octanol–water partition coefficient (Wildman–Crippen LogP) is 5.20. The Morgan fingerprint density at radius 3 is 1.98 bits per heavy atom. The molecule has 1 saturated carbocycles. The number of sulfonamides is 1. The maximum absolute atomic E-state index is 13.1. The van der Waals surface area contributed by atoms with Gasteiger partial charge in [0.2, 0.25) is 0 Å². The summed E-state index contributed by atoms with van der Waals surface area (Å²) in [5.41, 5.74) is 3.35. The van der Waals surface area contributed by atoms with E-state index < -0.39 is 28.1 Å². The Morgan fingerprint density at radius 1 is 0.878 bits per heavy atom. The van der Waals surface area contributed by atoms with Crippen LogP contribution < -0.4 is 9.62 Å². The van der Waals surface area contributed by atoms with E-state index in [0.29, 0.717) is 11.6 Å². The van der Waals surface area contributed by atoms with Crippen molar-refractivity contribution >= 4 is 33.3 Å². The molecule has 0 unspecified atom stereocenters. The number of hydrogen-bond donors (Lipinski definition) is 3. The monoisotopic (exact) mass is 599 g/mol. The van der Waals surface area contributed by atoms with Gasteiger partial charge in [-0.3, -0.25) is 9.62 Å². The molecule has 2 aromatic rings. The summed E-state index contributed by atoms with van der Waals surface area (Å²) in [4.78, 5) is 25.9. The van der Waals surface area contributed by atoms with Crippen LogP contribution in [0.2, 0.25) is 0 Å². The minimum Gasteiger partial charge on any atom is -0.478 e. The van der Waals surface area contributed by atoms with Crippen molar-refractivity contribution in [3.63, 3.8) is 0 Å². The number of carboxylic acid groups (broad SMARTS) is 2. The quantitative estimate of drug-likeness (QED) is 0.414. The van der Waals surface area contributed by atoms with Gasteiger partial charge in [-0.05, 0) is 74.6 Å². The lowest BCUT2D eigenvalue weighted by Gasteiger charge is -2.41. The minimum atomic E-state index is -5.08. The van der Waals surface area contributed by atoms with Gasteiger partial charge in [0.25, 0.3) is 10.0 Å². The molecule has 1 aliphatic heterocycles. The number of alkyl halides is 3. The first-order valence-corrected chi connectivity index (χ1v) is 14.9. The molecule has 0 atom stereocenters. The van der Waals surface area contributed by atoms with Gasteiger partial charge in [-0.2, -0.15) is 13.2 Å². The molecule has 0 bridgehead atoms. The van der Waals surface area contributed by atoms with Crippen molar-refractivity contribution in [1.29, 1.82) is 0 Å². The van der Waals surface area contributed by atoms with Gasteiger partial charge in [0.1, 0.15) is 0 Å². The topological polar surface area (TPSA) is 127 Å². The molecule has 0 radical (unpaired) electrons. The lowest BCUT2D eigenvalue weighted by Crippen LogP contribution is -2.50. The zero-order valence-electron chi connectivity index (χ0n) is 23.3. The van der Waals surface area contributed by atoms with Crippen molar-refractivity contribution in [2.45, 2.75) is 70.0 Å². The van der Waals surface area contributed by atoms with Crippen LogP contribution in [-0.4, -0.2) is 73.9 Å². The van der Waals surface area contributed by atoms with Gasteiger partial charge < -0.3 is 15.1 Å². The van der Waals surface area contributed by atoms with Crippen LogP contribution in [0, 0.1) is 20.8 Å². The van der Waals surface area contributed by atoms with Crippen LogP contribution in [-0.2, 0) is 14.8 Å². The van der Waals surface area contributed by atoms with E-state index in [0.717, 1.165) is 43.0 Å². The molecule has 2 aromatic carbocycles. The largest absolute Gasteiger partial charge is 0.490 e. The van der Waals surface area contributed by atoms with Crippen LogP contribution >= 0.6 is 0 Å². The third-order valence-corrected chi connectivity index (χ3v) is 9.08. The number of halogens is 3. The number of aromatic carboxylic acids is 1. The van der Waals surface area contributed by atoms with Crippen LogP contribution in [0.25, 0.3) is 0 Å². The highest BCUT2D eigenvalue weighted by atomic mass is 32.2. The lowest BCUT2D eigenvalue weighted by molar-refractivity contribution is -0.192. The van der Waals surface area contributed by atoms with Gasteiger partial charge in [-0.15, -0.1) is 0 Å². The Balaban J connectivity index is 0.000000587. The van der Waals surface area contributed by atoms with Crippen LogP contribution in [0.15, 0.2) is 35.2 Å². The number of carboxylic acids is 2. The third kappa shape index (κ3) is 8.35. The number of aryl methyl sites for hydroxylation is 3. The number of anilines is 2. The summed E-state index contributed by atoms with van der Waals surface area (Å²) in [5.74, 6) is -3.91. The van der Waals surface area contributed by atoms with Crippen LogP contribution in [0.4, 0.5) is 24.5 Å². The van der Waals surface area contributed by atoms with Crippen LogP contribution in [0.3, 0.4) is 0 Å². The van der Waals surface area contributed by atoms with Crippen LogP contribution in [0.5, 0.6) is 0 Å². The van der Waals surface area contributed by atoms with Gasteiger partial charge in [-0.25, -0.2) is 18.0 Å². The number of piperazine rings is 1. The first-order valence-electron chi connectivity index (χ1n) is 13.4. The zero-order chi connectivity index (χ0) is 30.5. The molecule has 226 valence electrons. The minimum absolute atomic E-state index is 0.0442. The SMILES string of the molecule is Cc1cc(C)c(S(=O)(=O)Nc2ccc(N3CCN(C4CCCCC4)CC3)cc2C(=O)O)cc1C.O=C(O)C(F)(F)F. The van der Waals surface area contributed by atoms with Gasteiger partial charge in [0.15, 0.2) is 0 Å². The number of benzene rings is 2. The summed E-state index contributed by atoms with van der Waals surface area (Å²) in [6, 6.07) is 9.11. The number of nitrogens with zero attached hydrogens (tertiary/aromatic N) is 2. The van der Waals surface area contributed by atoms with E-state index >= 15 is 0 Å². The molecule has 3 N–H and O–H groups in total. The molecule has 0 amide bonds. The highest BCUT2D eigenvalue weighted by Gasteiger charge is 2.38. The van der Waals surface area contributed by atoms with E-state index in [1.54, 1.807) is 25.1 Å². The fourth-order valence-corrected chi connectivity index (χ4v) is 6.60. The Kier molecular flexibility index (Phi) is 10.3. The molecular formula is C28H36F3N3O6S. The zero-order valence-corrected chi connectivity index (χ0v) is 24.1. The molecule has 0 aromatic heterocycles. The lowest BCUT2D eigenvalue weighted by atomic mass is 9.94. The van der Waals surface area contributed by atoms with E-state index in [2.05, 4.69) is 14.5 Å². The number of carbonyl (C=O) groups is 2. The fourth-order valence-electron chi connectivity index (χ4n) is 5.21. The number of nitrogens with one attached hydrogen (secondary N) is 1. The van der Waals surface area contributed by atoms with E-state index in [4.69, 9.17) is 9.90 Å². The maximum atomic E-state index is 13.1. The third-order valence-electron chi connectivity index (χ3n) is 7.57. The highest BCUT2D eigenvalue weighted by molar-refractivity contribution is 7.92. The summed E-state index contributed by atoms with van der Waals surface area (Å²) < 4.78 is 60.5. The van der Waals surface area contributed by atoms with Crippen molar-refractivity contribution in [2.24, 2.45) is 0 Å². The maximum Gasteiger partial charge on any atom is 0.490 e. The Labute approximate surface area is 238 Å². The molecule has 4 rings (SSSR count). The number of aliphatic carboxylic acids is 1. The second-order valence-corrected chi connectivity index (χ2v) is 12.1. The number of rotatable bonds is 6. The summed E-state index contributed by atoms with van der Waals surface area (Å²) in [6.07, 6.45) is 1.43. The summed E-state index contributed by atoms with van der Waals surface area (Å²) in [7, 11) is -3.93. The highest BCUT2D eigenvalue weighted by Crippen LogP contribution is 2.29. The van der Waals surface area contributed by atoms with Gasteiger partial charge >= 0.3 is 18.1 Å². The molecule has 2 fully saturated rings. The smallest absolute Gasteiger partial charge is 0.478 e. The summed E-state index contributed by atoms with van der Waals surface area (Å²) in [6.45, 7) is 9.14. The Bertz CT molecular complexity index is 1370. The van der Waals surface area contributed by atoms with Crippen molar-refractivity contribution in [3.05, 3.63) is 52.6 Å². The molecule has 9 nitrogen and oxygen atoms in total. The van der Waals surface area contributed by atoms with Crippen LogP contribution in [0.1, 0.15) is 59.2 Å². The fraction of sp³-hybridized carbons (Fsp3) is 0.500. The molecule has 1 aliphatic carbocycles. The van der Waals surface area contributed by atoms with Gasteiger partial charge in [0.05, 0.1) is 16.1 Å². The van der Waals surface area contributed by atoms with Crippen molar-refractivity contribution in [1.82, 2.24) is 4.90 Å². The molecule has 41 heavy (non-hydrogen) atoms. The van der Waals surface area contributed by atoms with Crippen molar-refractivity contribution in [2.75, 3.05) is 35.8 Å².